The van der Waals surface area contributed by atoms with Crippen LogP contribution in [-0.4, -0.2) is 5.91 Å². The number of hydrogen-bond acceptors (Lipinski definition) is 1. The fourth-order valence-corrected chi connectivity index (χ4v) is 1.40. The van der Waals surface area contributed by atoms with Crippen LogP contribution in [0.15, 0.2) is 22.7 Å². The number of carbonyl (C=O) groups excluding carboxylic acids is 1. The van der Waals surface area contributed by atoms with Crippen LogP contribution in [0.4, 0.5) is 10.1 Å². The minimum absolute atomic E-state index is 0.0983. The summed E-state index contributed by atoms with van der Waals surface area (Å²) in [4.78, 5) is 11.2. The highest BCUT2D eigenvalue weighted by Crippen LogP contribution is 2.25. The predicted molar refractivity (Wildman–Crippen MR) is 57.6 cm³/mol. The predicted octanol–water partition coefficient (Wildman–Crippen LogP) is 3.33. The summed E-state index contributed by atoms with van der Waals surface area (Å²) in [5.74, 6) is -0.474. The average molecular weight is 260 g/mol. The number of rotatable bonds is 3. The van der Waals surface area contributed by atoms with Crippen molar-refractivity contribution in [2.24, 2.45) is 0 Å². The Labute approximate surface area is 90.6 Å². The second kappa shape index (κ2) is 5.10. The minimum Gasteiger partial charge on any atom is -0.325 e. The summed E-state index contributed by atoms with van der Waals surface area (Å²) in [7, 11) is 0. The van der Waals surface area contributed by atoms with E-state index in [1.54, 1.807) is 12.1 Å². The number of halogens is 2. The van der Waals surface area contributed by atoms with Crippen molar-refractivity contribution in [1.29, 1.82) is 0 Å². The van der Waals surface area contributed by atoms with Crippen molar-refractivity contribution in [3.63, 3.8) is 0 Å². The van der Waals surface area contributed by atoms with Gasteiger partial charge >= 0.3 is 0 Å². The highest BCUT2D eigenvalue weighted by molar-refractivity contribution is 9.10. The lowest BCUT2D eigenvalue weighted by molar-refractivity contribution is -0.116. The normalized spacial score (nSPS) is 9.93. The van der Waals surface area contributed by atoms with Crippen molar-refractivity contribution < 1.29 is 9.18 Å². The summed E-state index contributed by atoms with van der Waals surface area (Å²) in [6.45, 7) is 1.92. The molecule has 14 heavy (non-hydrogen) atoms. The van der Waals surface area contributed by atoms with Crippen LogP contribution in [0.25, 0.3) is 0 Å². The van der Waals surface area contributed by atoms with Crippen molar-refractivity contribution in [3.8, 4) is 0 Å². The maximum Gasteiger partial charge on any atom is 0.224 e. The Balaban J connectivity index is 2.76. The second-order valence-electron chi connectivity index (χ2n) is 2.90. The van der Waals surface area contributed by atoms with Crippen LogP contribution in [0, 0.1) is 5.82 Å². The third-order valence-corrected chi connectivity index (χ3v) is 2.51. The van der Waals surface area contributed by atoms with Gasteiger partial charge in [0.1, 0.15) is 5.82 Å². The Morgan fingerprint density at radius 2 is 2.29 bits per heavy atom. The molecule has 0 aliphatic heterocycles. The zero-order valence-electron chi connectivity index (χ0n) is 7.81. The van der Waals surface area contributed by atoms with Crippen molar-refractivity contribution in [2.45, 2.75) is 19.8 Å². The summed E-state index contributed by atoms with van der Waals surface area (Å²) < 4.78 is 13.3. The van der Waals surface area contributed by atoms with E-state index >= 15 is 0 Å². The van der Waals surface area contributed by atoms with Gasteiger partial charge < -0.3 is 5.32 Å². The first-order valence-electron chi connectivity index (χ1n) is 4.39. The summed E-state index contributed by atoms with van der Waals surface area (Å²) >= 11 is 3.07. The Morgan fingerprint density at radius 1 is 1.57 bits per heavy atom. The van der Waals surface area contributed by atoms with Gasteiger partial charge in [0.25, 0.3) is 0 Å². The fraction of sp³-hybridized carbons (Fsp3) is 0.300. The molecule has 1 aromatic carbocycles. The third-order valence-electron chi connectivity index (χ3n) is 1.70. The molecule has 0 aliphatic carbocycles. The first-order chi connectivity index (χ1) is 6.65. The van der Waals surface area contributed by atoms with Crippen molar-refractivity contribution in [2.75, 3.05) is 5.32 Å². The van der Waals surface area contributed by atoms with Gasteiger partial charge in [-0.25, -0.2) is 4.39 Å². The number of hydrogen-bond donors (Lipinski definition) is 1. The maximum absolute atomic E-state index is 13.0. The summed E-state index contributed by atoms with van der Waals surface area (Å²) in [5, 5.41) is 2.63. The summed E-state index contributed by atoms with van der Waals surface area (Å²) in [5.41, 5.74) is 0.475. The first-order valence-corrected chi connectivity index (χ1v) is 5.18. The molecule has 0 saturated carbocycles. The third kappa shape index (κ3) is 2.80. The van der Waals surface area contributed by atoms with Gasteiger partial charge in [0.2, 0.25) is 5.91 Å². The lowest BCUT2D eigenvalue weighted by Gasteiger charge is -2.06. The Kier molecular flexibility index (Phi) is 4.07. The van der Waals surface area contributed by atoms with Crippen LogP contribution in [0.1, 0.15) is 19.8 Å². The van der Waals surface area contributed by atoms with Gasteiger partial charge in [-0.2, -0.15) is 0 Å². The molecule has 0 atom stereocenters. The molecule has 0 fully saturated rings. The van der Waals surface area contributed by atoms with Gasteiger partial charge in [-0.3, -0.25) is 4.79 Å². The number of nitrogens with one attached hydrogen (secondary N) is 1. The van der Waals surface area contributed by atoms with Gasteiger partial charge in [-0.15, -0.1) is 0 Å². The van der Waals surface area contributed by atoms with E-state index in [-0.39, 0.29) is 11.7 Å². The molecule has 2 nitrogen and oxygen atoms in total. The molecule has 0 saturated heterocycles. The van der Waals surface area contributed by atoms with E-state index in [2.05, 4.69) is 21.2 Å². The van der Waals surface area contributed by atoms with E-state index in [9.17, 15) is 9.18 Å². The molecule has 0 aromatic heterocycles. The molecule has 0 heterocycles. The molecule has 1 N–H and O–H groups in total. The van der Waals surface area contributed by atoms with Gasteiger partial charge in [0.15, 0.2) is 0 Å². The van der Waals surface area contributed by atoms with Gasteiger partial charge in [0.05, 0.1) is 10.2 Å². The number of benzene rings is 1. The Hall–Kier alpha value is -0.900. The SMILES string of the molecule is CCCC(=O)Nc1cccc(F)c1Br. The van der Waals surface area contributed by atoms with Crippen LogP contribution < -0.4 is 5.32 Å². The van der Waals surface area contributed by atoms with Gasteiger partial charge in [0, 0.05) is 6.42 Å². The number of amides is 1. The molecule has 0 aliphatic rings. The van der Waals surface area contributed by atoms with Crippen molar-refractivity contribution in [3.05, 3.63) is 28.5 Å². The monoisotopic (exact) mass is 259 g/mol. The largest absolute Gasteiger partial charge is 0.325 e. The summed E-state index contributed by atoms with van der Waals surface area (Å²) in [6, 6.07) is 4.54. The molecular formula is C10H11BrFNO. The van der Waals surface area contributed by atoms with Crippen LogP contribution in [0.5, 0.6) is 0 Å². The fourth-order valence-electron chi connectivity index (χ4n) is 1.04. The summed E-state index contributed by atoms with van der Waals surface area (Å²) in [6.07, 6.45) is 1.22. The van der Waals surface area contributed by atoms with E-state index < -0.39 is 0 Å². The maximum atomic E-state index is 13.0. The van der Waals surface area contributed by atoms with E-state index in [1.807, 2.05) is 6.92 Å². The molecule has 76 valence electrons. The Bertz CT molecular complexity index is 341. The van der Waals surface area contributed by atoms with Crippen molar-refractivity contribution >= 4 is 27.5 Å². The van der Waals surface area contributed by atoms with Crippen LogP contribution in [0.3, 0.4) is 0 Å². The minimum atomic E-state index is -0.376. The molecule has 4 heteroatoms. The van der Waals surface area contributed by atoms with Crippen molar-refractivity contribution in [1.82, 2.24) is 0 Å². The first kappa shape index (κ1) is 11.2. The van der Waals surface area contributed by atoms with E-state index in [0.29, 0.717) is 16.6 Å². The number of anilines is 1. The van der Waals surface area contributed by atoms with Gasteiger partial charge in [-0.05, 0) is 34.5 Å². The lowest BCUT2D eigenvalue weighted by Crippen LogP contribution is -2.11. The molecule has 0 radical (unpaired) electrons. The highest BCUT2D eigenvalue weighted by Gasteiger charge is 2.07. The molecule has 1 rings (SSSR count). The van der Waals surface area contributed by atoms with Crippen LogP contribution in [-0.2, 0) is 4.79 Å². The highest BCUT2D eigenvalue weighted by atomic mass is 79.9. The lowest BCUT2D eigenvalue weighted by atomic mass is 10.3. The number of carbonyl (C=O) groups is 1. The molecular weight excluding hydrogens is 249 g/mol. The van der Waals surface area contributed by atoms with E-state index in [0.717, 1.165) is 6.42 Å². The average Bonchev–Trinajstić information content (AvgIpc) is 2.13. The quantitative estimate of drug-likeness (QED) is 0.887. The topological polar surface area (TPSA) is 29.1 Å². The standard InChI is InChI=1S/C10H11BrFNO/c1-2-4-9(14)13-8-6-3-5-7(12)10(8)11/h3,5-6H,2,4H2,1H3,(H,13,14). The smallest absolute Gasteiger partial charge is 0.224 e. The second-order valence-corrected chi connectivity index (χ2v) is 3.69. The van der Waals surface area contributed by atoms with Crippen LogP contribution in [0.2, 0.25) is 0 Å². The Morgan fingerprint density at radius 3 is 2.93 bits per heavy atom. The zero-order valence-corrected chi connectivity index (χ0v) is 9.40. The van der Waals surface area contributed by atoms with E-state index in [4.69, 9.17) is 0 Å². The van der Waals surface area contributed by atoms with E-state index in [1.165, 1.54) is 6.07 Å². The van der Waals surface area contributed by atoms with Gasteiger partial charge in [-0.1, -0.05) is 13.0 Å². The van der Waals surface area contributed by atoms with Crippen LogP contribution >= 0.6 is 15.9 Å². The zero-order chi connectivity index (χ0) is 10.6. The molecule has 0 unspecified atom stereocenters. The molecule has 1 amide bonds. The molecule has 0 spiro atoms. The molecule has 1 aromatic rings. The molecule has 0 bridgehead atoms.